The van der Waals surface area contributed by atoms with Gasteiger partial charge in [-0.15, -0.1) is 12.4 Å². The molecule has 1 saturated heterocycles. The van der Waals surface area contributed by atoms with Crippen LogP contribution in [0.4, 0.5) is 14.5 Å². The highest BCUT2D eigenvalue weighted by molar-refractivity contribution is 6.13. The van der Waals surface area contributed by atoms with Crippen molar-refractivity contribution in [3.05, 3.63) is 83.3 Å². The van der Waals surface area contributed by atoms with E-state index >= 15 is 0 Å². The van der Waals surface area contributed by atoms with Gasteiger partial charge >= 0.3 is 0 Å². The average Bonchev–Trinajstić information content (AvgIpc) is 3.54. The first-order chi connectivity index (χ1) is 16.4. The van der Waals surface area contributed by atoms with Crippen LogP contribution in [0.1, 0.15) is 44.8 Å². The van der Waals surface area contributed by atoms with Crippen LogP contribution >= 0.6 is 12.4 Å². The number of rotatable bonds is 6. The Hall–Kier alpha value is -3.76. The lowest BCUT2D eigenvalue weighted by molar-refractivity contribution is 0.0976. The highest BCUT2D eigenvalue weighted by Gasteiger charge is 2.27. The molecule has 5 rings (SSSR count). The molecule has 0 spiro atoms. The number of nitrogens with zero attached hydrogens (tertiary/aromatic N) is 2. The van der Waals surface area contributed by atoms with Crippen molar-refractivity contribution in [1.82, 2.24) is 9.88 Å². The van der Waals surface area contributed by atoms with E-state index in [1.54, 1.807) is 18.5 Å². The summed E-state index contributed by atoms with van der Waals surface area (Å²) in [6.07, 6.45) is 4.57. The molecule has 3 N–H and O–H groups in total. The number of nitrogens with two attached hydrogens (primary N) is 1. The molecule has 0 radical (unpaired) electrons. The van der Waals surface area contributed by atoms with Gasteiger partial charge in [0.2, 0.25) is 5.76 Å². The molecule has 1 unspecified atom stereocenters. The Morgan fingerprint density at radius 3 is 2.66 bits per heavy atom. The summed E-state index contributed by atoms with van der Waals surface area (Å²) in [5.41, 5.74) is 5.93. The first-order valence-electron chi connectivity index (χ1n) is 10.6. The van der Waals surface area contributed by atoms with Crippen LogP contribution in [0.3, 0.4) is 0 Å². The molecule has 35 heavy (non-hydrogen) atoms. The summed E-state index contributed by atoms with van der Waals surface area (Å²) < 4.78 is 38.7. The van der Waals surface area contributed by atoms with E-state index in [2.05, 4.69) is 15.2 Å². The molecular weight excluding hydrogens is 482 g/mol. The maximum Gasteiger partial charge on any atom is 0.291 e. The van der Waals surface area contributed by atoms with Crippen LogP contribution in [-0.4, -0.2) is 34.8 Å². The zero-order valence-electron chi connectivity index (χ0n) is 18.3. The SMILES string of the molecule is Cl.NC(=O)c1oc2c(F)cc(F)cc2c1NC(=O)c1ccc(CN2CCC(c3ccncc3)C2)o1. The third-order valence-corrected chi connectivity index (χ3v) is 5.89. The summed E-state index contributed by atoms with van der Waals surface area (Å²) in [6.45, 7) is 2.26. The molecule has 1 atom stereocenters. The Bertz CT molecular complexity index is 1390. The second-order valence-corrected chi connectivity index (χ2v) is 8.16. The summed E-state index contributed by atoms with van der Waals surface area (Å²) in [4.78, 5) is 30.8. The number of carbonyl (C=O) groups is 2. The fraction of sp³-hybridized carbons (Fsp3) is 0.208. The summed E-state index contributed by atoms with van der Waals surface area (Å²) >= 11 is 0. The smallest absolute Gasteiger partial charge is 0.291 e. The number of likely N-dealkylation sites (tertiary alicyclic amines) is 1. The molecule has 2 amide bonds. The number of aromatic nitrogens is 1. The van der Waals surface area contributed by atoms with Crippen molar-refractivity contribution in [1.29, 1.82) is 0 Å². The Morgan fingerprint density at radius 2 is 1.91 bits per heavy atom. The minimum atomic E-state index is -1.04. The fourth-order valence-corrected chi connectivity index (χ4v) is 4.29. The minimum Gasteiger partial charge on any atom is -0.455 e. The van der Waals surface area contributed by atoms with Crippen LogP contribution in [0.5, 0.6) is 0 Å². The van der Waals surface area contributed by atoms with Crippen molar-refractivity contribution in [3.8, 4) is 0 Å². The molecule has 0 aliphatic carbocycles. The molecule has 4 aromatic rings. The summed E-state index contributed by atoms with van der Waals surface area (Å²) in [5.74, 6) is -3.18. The van der Waals surface area contributed by atoms with Gasteiger partial charge in [0.1, 0.15) is 17.3 Å². The largest absolute Gasteiger partial charge is 0.455 e. The van der Waals surface area contributed by atoms with Crippen LogP contribution < -0.4 is 11.1 Å². The summed E-state index contributed by atoms with van der Waals surface area (Å²) in [7, 11) is 0. The fourth-order valence-electron chi connectivity index (χ4n) is 4.29. The zero-order valence-corrected chi connectivity index (χ0v) is 19.1. The predicted octanol–water partition coefficient (Wildman–Crippen LogP) is 4.46. The molecule has 182 valence electrons. The first kappa shape index (κ1) is 24.4. The molecule has 1 fully saturated rings. The molecule has 1 aliphatic heterocycles. The minimum absolute atomic E-state index is 0. The molecule has 8 nitrogen and oxygen atoms in total. The number of nitrogens with one attached hydrogen (secondary N) is 1. The van der Waals surface area contributed by atoms with E-state index in [9.17, 15) is 18.4 Å². The second kappa shape index (κ2) is 9.85. The lowest BCUT2D eigenvalue weighted by Gasteiger charge is -2.14. The van der Waals surface area contributed by atoms with Gasteiger partial charge in [-0.25, -0.2) is 8.78 Å². The van der Waals surface area contributed by atoms with Gasteiger partial charge in [0.05, 0.1) is 11.9 Å². The number of hydrogen-bond donors (Lipinski definition) is 2. The third-order valence-electron chi connectivity index (χ3n) is 5.89. The summed E-state index contributed by atoms with van der Waals surface area (Å²) in [5, 5.41) is 2.32. The molecule has 0 saturated carbocycles. The van der Waals surface area contributed by atoms with Crippen LogP contribution in [0.15, 0.2) is 57.6 Å². The van der Waals surface area contributed by atoms with E-state index in [1.165, 1.54) is 11.6 Å². The number of benzene rings is 1. The Labute approximate surface area is 204 Å². The topological polar surface area (TPSA) is 115 Å². The van der Waals surface area contributed by atoms with Gasteiger partial charge in [0, 0.05) is 25.0 Å². The second-order valence-electron chi connectivity index (χ2n) is 8.16. The van der Waals surface area contributed by atoms with Crippen molar-refractivity contribution >= 4 is 40.9 Å². The van der Waals surface area contributed by atoms with Crippen LogP contribution in [-0.2, 0) is 6.54 Å². The zero-order chi connectivity index (χ0) is 23.8. The normalized spacial score (nSPS) is 15.8. The van der Waals surface area contributed by atoms with Gasteiger partial charge < -0.3 is 19.9 Å². The van der Waals surface area contributed by atoms with Crippen LogP contribution in [0.25, 0.3) is 11.0 Å². The molecule has 11 heteroatoms. The van der Waals surface area contributed by atoms with Crippen molar-refractivity contribution in [2.45, 2.75) is 18.9 Å². The van der Waals surface area contributed by atoms with Crippen molar-refractivity contribution in [2.24, 2.45) is 5.73 Å². The van der Waals surface area contributed by atoms with Crippen molar-refractivity contribution in [2.75, 3.05) is 18.4 Å². The Kier molecular flexibility index (Phi) is 6.86. The van der Waals surface area contributed by atoms with E-state index in [1.807, 2.05) is 12.1 Å². The quantitative estimate of drug-likeness (QED) is 0.402. The number of anilines is 1. The summed E-state index contributed by atoms with van der Waals surface area (Å²) in [6, 6.07) is 8.77. The van der Waals surface area contributed by atoms with E-state index in [4.69, 9.17) is 14.6 Å². The molecule has 0 bridgehead atoms. The Balaban J connectivity index is 0.00000289. The van der Waals surface area contributed by atoms with Gasteiger partial charge in [-0.3, -0.25) is 19.5 Å². The molecule has 4 heterocycles. The van der Waals surface area contributed by atoms with E-state index in [0.717, 1.165) is 25.6 Å². The van der Waals surface area contributed by atoms with Gasteiger partial charge in [-0.05, 0) is 54.8 Å². The van der Waals surface area contributed by atoms with Crippen molar-refractivity contribution < 1.29 is 27.2 Å². The van der Waals surface area contributed by atoms with E-state index in [0.29, 0.717) is 24.3 Å². The highest BCUT2D eigenvalue weighted by Crippen LogP contribution is 2.34. The number of carbonyl (C=O) groups excluding carboxylic acids is 2. The molecular formula is C24H21ClF2N4O4. The number of amides is 2. The molecule has 1 aromatic carbocycles. The highest BCUT2D eigenvalue weighted by atomic mass is 35.5. The predicted molar refractivity (Wildman–Crippen MR) is 125 cm³/mol. The molecule has 3 aromatic heterocycles. The van der Waals surface area contributed by atoms with Crippen molar-refractivity contribution in [3.63, 3.8) is 0 Å². The number of fused-ring (bicyclic) bond motifs is 1. The number of pyridine rings is 1. The standard InChI is InChI=1S/C24H20F2N4O4.ClH/c25-15-9-17-20(22(23(27)31)34-21(17)18(26)10-15)29-24(32)19-2-1-16(33-19)12-30-8-5-14(11-30)13-3-6-28-7-4-13;/h1-4,6-7,9-10,14H,5,8,11-12H2,(H2,27,31)(H,29,32);1H. The number of primary amides is 1. The lowest BCUT2D eigenvalue weighted by Crippen LogP contribution is -2.19. The maximum absolute atomic E-state index is 14.1. The van der Waals surface area contributed by atoms with Gasteiger partial charge in [0.15, 0.2) is 17.2 Å². The van der Waals surface area contributed by atoms with Crippen LogP contribution in [0, 0.1) is 11.6 Å². The monoisotopic (exact) mass is 502 g/mol. The first-order valence-corrected chi connectivity index (χ1v) is 10.6. The molecule has 1 aliphatic rings. The van der Waals surface area contributed by atoms with E-state index < -0.39 is 29.2 Å². The Morgan fingerprint density at radius 1 is 1.14 bits per heavy atom. The third kappa shape index (κ3) is 4.89. The van der Waals surface area contributed by atoms with E-state index in [-0.39, 0.29) is 34.8 Å². The average molecular weight is 503 g/mol. The van der Waals surface area contributed by atoms with Gasteiger partial charge in [-0.1, -0.05) is 0 Å². The number of hydrogen-bond acceptors (Lipinski definition) is 6. The maximum atomic E-state index is 14.1. The van der Waals surface area contributed by atoms with Gasteiger partial charge in [-0.2, -0.15) is 0 Å². The van der Waals surface area contributed by atoms with Gasteiger partial charge in [0.25, 0.3) is 11.8 Å². The lowest BCUT2D eigenvalue weighted by atomic mass is 10.00. The van der Waals surface area contributed by atoms with Crippen LogP contribution in [0.2, 0.25) is 0 Å². The number of halogens is 3. The number of furan rings is 2.